The smallest absolute Gasteiger partial charge is 0.330 e. The van der Waals surface area contributed by atoms with Crippen molar-refractivity contribution in [2.24, 2.45) is 11.5 Å². The van der Waals surface area contributed by atoms with Gasteiger partial charge in [0.25, 0.3) is 0 Å². The van der Waals surface area contributed by atoms with Gasteiger partial charge < -0.3 is 11.5 Å². The maximum absolute atomic E-state index is 8.74. The van der Waals surface area contributed by atoms with Crippen LogP contribution in [0.4, 0.5) is 0 Å². The molecule has 0 aliphatic heterocycles. The second-order valence-electron chi connectivity index (χ2n) is 9.10. The zero-order chi connectivity index (χ0) is 25.5. The molecule has 0 spiro atoms. The van der Waals surface area contributed by atoms with E-state index < -0.39 is 10.4 Å². The van der Waals surface area contributed by atoms with E-state index >= 15 is 0 Å². The second kappa shape index (κ2) is 34.0. The van der Waals surface area contributed by atoms with Gasteiger partial charge in [0.2, 0.25) is 0 Å². The lowest BCUT2D eigenvalue weighted by atomic mass is 10.1. The van der Waals surface area contributed by atoms with Crippen molar-refractivity contribution in [3.05, 3.63) is 0 Å². The van der Waals surface area contributed by atoms with Crippen LogP contribution in [0.15, 0.2) is 0 Å². The summed E-state index contributed by atoms with van der Waals surface area (Å²) in [5.74, 6) is 0. The Bertz CT molecular complexity index is 365. The topological polar surface area (TPSA) is 127 Å². The summed E-state index contributed by atoms with van der Waals surface area (Å²) < 4.78 is 31.6. The van der Waals surface area contributed by atoms with E-state index in [4.69, 9.17) is 29.0 Å². The van der Waals surface area contributed by atoms with Gasteiger partial charge >= 0.3 is 10.4 Å². The summed E-state index contributed by atoms with van der Waals surface area (Å²) in [6.07, 6.45) is 30.8. The lowest BCUT2D eigenvalue weighted by molar-refractivity contribution is 0.381. The number of hydrogen-bond donors (Lipinski definition) is 4. The van der Waals surface area contributed by atoms with E-state index in [2.05, 4.69) is 13.8 Å². The first-order valence-electron chi connectivity index (χ1n) is 13.9. The molecule has 0 heterocycles. The van der Waals surface area contributed by atoms with Gasteiger partial charge in [0, 0.05) is 0 Å². The van der Waals surface area contributed by atoms with E-state index in [1.54, 1.807) is 0 Å². The van der Waals surface area contributed by atoms with Crippen molar-refractivity contribution < 1.29 is 17.5 Å². The van der Waals surface area contributed by atoms with Crippen LogP contribution in [0.3, 0.4) is 0 Å². The Morgan fingerprint density at radius 2 is 0.576 bits per heavy atom. The van der Waals surface area contributed by atoms with Gasteiger partial charge in [-0.3, -0.25) is 9.11 Å². The Morgan fingerprint density at radius 1 is 0.424 bits per heavy atom. The fourth-order valence-corrected chi connectivity index (χ4v) is 3.62. The number of unbranched alkanes of at least 4 members (excludes halogenated alkanes) is 20. The Morgan fingerprint density at radius 3 is 0.727 bits per heavy atom. The number of hydrogen-bond acceptors (Lipinski definition) is 4. The molecule has 0 unspecified atom stereocenters. The van der Waals surface area contributed by atoms with Crippen LogP contribution >= 0.6 is 0 Å². The van der Waals surface area contributed by atoms with Gasteiger partial charge in [-0.25, -0.2) is 0 Å². The van der Waals surface area contributed by atoms with Crippen LogP contribution in [-0.4, -0.2) is 30.6 Å². The van der Waals surface area contributed by atoms with Crippen LogP contribution in [0.5, 0.6) is 0 Å². The van der Waals surface area contributed by atoms with E-state index in [9.17, 15) is 0 Å². The first-order chi connectivity index (χ1) is 15.8. The molecule has 0 atom stereocenters. The van der Waals surface area contributed by atoms with Crippen molar-refractivity contribution in [1.29, 1.82) is 0 Å². The summed E-state index contributed by atoms with van der Waals surface area (Å²) in [7, 11) is -4.67. The van der Waals surface area contributed by atoms with Gasteiger partial charge in [-0.05, 0) is 25.9 Å². The molecule has 6 N–H and O–H groups in total. The first kappa shape index (κ1) is 37.3. The lowest BCUT2D eigenvalue weighted by Gasteiger charge is -2.01. The van der Waals surface area contributed by atoms with Crippen LogP contribution in [0.1, 0.15) is 155 Å². The molecule has 0 saturated carbocycles. The van der Waals surface area contributed by atoms with Crippen molar-refractivity contribution in [1.82, 2.24) is 0 Å². The van der Waals surface area contributed by atoms with Gasteiger partial charge in [-0.15, -0.1) is 0 Å². The predicted molar refractivity (Wildman–Crippen MR) is 145 cm³/mol. The molecule has 0 aliphatic rings. The third kappa shape index (κ3) is 59.4. The van der Waals surface area contributed by atoms with E-state index in [1.165, 1.54) is 141 Å². The highest BCUT2D eigenvalue weighted by molar-refractivity contribution is 7.79. The molecule has 0 radical (unpaired) electrons. The molecule has 6 nitrogen and oxygen atoms in total. The molecule has 0 aromatic heterocycles. The Hall–Kier alpha value is -0.210. The fourth-order valence-electron chi connectivity index (χ4n) is 3.62. The monoisotopic (exact) mass is 496 g/mol. The molecule has 204 valence electrons. The minimum absolute atomic E-state index is 0.872. The molecule has 33 heavy (non-hydrogen) atoms. The SMILES string of the molecule is CCCCCCCCCCCCCN.CCCCCCCCCCCCCN.O=S(=O)(O)O. The summed E-state index contributed by atoms with van der Waals surface area (Å²) in [5, 5.41) is 0. The lowest BCUT2D eigenvalue weighted by Crippen LogP contribution is -1.97. The average Bonchev–Trinajstić information content (AvgIpc) is 2.76. The molecule has 0 saturated heterocycles. The van der Waals surface area contributed by atoms with Gasteiger partial charge in [0.15, 0.2) is 0 Å². The maximum Gasteiger partial charge on any atom is 0.394 e. The first-order valence-corrected chi connectivity index (χ1v) is 15.3. The molecular weight excluding hydrogens is 436 g/mol. The van der Waals surface area contributed by atoms with E-state index in [-0.39, 0.29) is 0 Å². The highest BCUT2D eigenvalue weighted by atomic mass is 32.3. The molecule has 0 aliphatic carbocycles. The minimum Gasteiger partial charge on any atom is -0.330 e. The fraction of sp³-hybridized carbons (Fsp3) is 1.00. The Kier molecular flexibility index (Phi) is 38.4. The molecule has 0 aromatic rings. The molecule has 0 aromatic carbocycles. The molecule has 0 fully saturated rings. The zero-order valence-electron chi connectivity index (χ0n) is 22.2. The predicted octanol–water partition coefficient (Wildman–Crippen LogP) is 7.86. The van der Waals surface area contributed by atoms with Crippen molar-refractivity contribution in [3.8, 4) is 0 Å². The van der Waals surface area contributed by atoms with Gasteiger partial charge in [0.05, 0.1) is 0 Å². The van der Waals surface area contributed by atoms with Crippen LogP contribution < -0.4 is 11.5 Å². The summed E-state index contributed by atoms with van der Waals surface area (Å²) in [4.78, 5) is 0. The molecule has 0 amide bonds. The molecule has 0 bridgehead atoms. The van der Waals surface area contributed by atoms with Crippen LogP contribution in [0, 0.1) is 0 Å². The third-order valence-electron chi connectivity index (χ3n) is 5.62. The standard InChI is InChI=1S/2C13H29N.H2O4S/c2*1-2-3-4-5-6-7-8-9-10-11-12-13-14;1-5(2,3)4/h2*2-14H2,1H3;(H2,1,2,3,4). The number of rotatable bonds is 22. The minimum atomic E-state index is -4.67. The Labute approximate surface area is 207 Å². The van der Waals surface area contributed by atoms with Gasteiger partial charge in [-0.2, -0.15) is 8.42 Å². The van der Waals surface area contributed by atoms with Crippen LogP contribution in [0.2, 0.25) is 0 Å². The van der Waals surface area contributed by atoms with Crippen molar-refractivity contribution in [2.75, 3.05) is 13.1 Å². The molecule has 0 rings (SSSR count). The average molecular weight is 497 g/mol. The quantitative estimate of drug-likeness (QED) is 0.0892. The molecule has 7 heteroatoms. The highest BCUT2D eigenvalue weighted by Crippen LogP contribution is 2.11. The number of nitrogens with two attached hydrogens (primary N) is 2. The largest absolute Gasteiger partial charge is 0.394 e. The van der Waals surface area contributed by atoms with Crippen LogP contribution in [-0.2, 0) is 10.4 Å². The third-order valence-corrected chi connectivity index (χ3v) is 5.62. The van der Waals surface area contributed by atoms with Crippen molar-refractivity contribution in [3.63, 3.8) is 0 Å². The maximum atomic E-state index is 8.74. The summed E-state index contributed by atoms with van der Waals surface area (Å²) in [6.45, 7) is 6.29. The van der Waals surface area contributed by atoms with E-state index in [1.807, 2.05) is 0 Å². The summed E-state index contributed by atoms with van der Waals surface area (Å²) in [6, 6.07) is 0. The second-order valence-corrected chi connectivity index (χ2v) is 9.99. The van der Waals surface area contributed by atoms with E-state index in [0.717, 1.165) is 13.1 Å². The zero-order valence-corrected chi connectivity index (χ0v) is 23.1. The van der Waals surface area contributed by atoms with E-state index in [0.29, 0.717) is 0 Å². The van der Waals surface area contributed by atoms with Gasteiger partial charge in [-0.1, -0.05) is 142 Å². The van der Waals surface area contributed by atoms with Crippen molar-refractivity contribution >= 4 is 10.4 Å². The van der Waals surface area contributed by atoms with Crippen LogP contribution in [0.25, 0.3) is 0 Å². The molecular formula is C26H60N2O4S. The van der Waals surface area contributed by atoms with Crippen molar-refractivity contribution in [2.45, 2.75) is 155 Å². The summed E-state index contributed by atoms with van der Waals surface area (Å²) in [5.41, 5.74) is 10.9. The normalized spacial score (nSPS) is 10.8. The van der Waals surface area contributed by atoms with Gasteiger partial charge in [0.1, 0.15) is 0 Å². The highest BCUT2D eigenvalue weighted by Gasteiger charge is 1.93. The Balaban J connectivity index is -0.000000453. The summed E-state index contributed by atoms with van der Waals surface area (Å²) >= 11 is 0.